The van der Waals surface area contributed by atoms with E-state index in [0.29, 0.717) is 6.61 Å². The van der Waals surface area contributed by atoms with Gasteiger partial charge in [-0.1, -0.05) is 30.3 Å². The van der Waals surface area contributed by atoms with Crippen molar-refractivity contribution in [1.29, 1.82) is 0 Å². The molecule has 3 heteroatoms. The summed E-state index contributed by atoms with van der Waals surface area (Å²) in [6, 6.07) is 17.9. The Morgan fingerprint density at radius 2 is 1.76 bits per heavy atom. The Bertz CT molecular complexity index is 601. The first-order valence-electron chi connectivity index (χ1n) is 7.38. The molecule has 1 aliphatic carbocycles. The predicted octanol–water partition coefficient (Wildman–Crippen LogP) is 3.75. The molecule has 0 aliphatic heterocycles. The van der Waals surface area contributed by atoms with E-state index in [2.05, 4.69) is 0 Å². The maximum Gasteiger partial charge on any atom is 0.182 e. The van der Waals surface area contributed by atoms with Crippen LogP contribution in [0.5, 0.6) is 5.75 Å². The van der Waals surface area contributed by atoms with Crippen LogP contribution in [0.2, 0.25) is 0 Å². The number of rotatable bonds is 5. The van der Waals surface area contributed by atoms with Crippen LogP contribution in [0.15, 0.2) is 54.6 Å². The Morgan fingerprint density at radius 1 is 1.05 bits per heavy atom. The highest BCUT2D eigenvalue weighted by atomic mass is 16.5. The molecule has 108 valence electrons. The zero-order valence-electron chi connectivity index (χ0n) is 11.9. The number of hydrogen-bond acceptors (Lipinski definition) is 2. The van der Waals surface area contributed by atoms with Gasteiger partial charge in [-0.05, 0) is 36.2 Å². The number of ether oxygens (including phenoxy) is 1. The lowest BCUT2D eigenvalue weighted by molar-refractivity contribution is -0.510. The van der Waals surface area contributed by atoms with Gasteiger partial charge in [-0.25, -0.2) is 4.74 Å². The highest BCUT2D eigenvalue weighted by Gasteiger charge is 2.24. The zero-order chi connectivity index (χ0) is 14.5. The third-order valence-electron chi connectivity index (χ3n) is 3.84. The number of nitrogens with zero attached hydrogens (tertiary/aromatic N) is 1. The third kappa shape index (κ3) is 3.63. The molecule has 3 rings (SSSR count). The minimum Gasteiger partial charge on any atom is -0.624 e. The lowest BCUT2D eigenvalue weighted by Crippen LogP contribution is -2.29. The van der Waals surface area contributed by atoms with E-state index in [1.807, 2.05) is 54.6 Å². The van der Waals surface area contributed by atoms with Crippen molar-refractivity contribution in [3.05, 3.63) is 70.9 Å². The number of hydrogen-bond donors (Lipinski definition) is 0. The molecule has 1 aliphatic rings. The van der Waals surface area contributed by atoms with Gasteiger partial charge in [-0.15, -0.1) is 0 Å². The molecule has 0 radical (unpaired) electrons. The SMILES string of the molecule is [O-][N+](=Cc1ccc(OCc2ccccc2)cc1)C1CCC1. The Hall–Kier alpha value is -2.29. The highest BCUT2D eigenvalue weighted by molar-refractivity contribution is 5.75. The lowest BCUT2D eigenvalue weighted by atomic mass is 9.93. The van der Waals surface area contributed by atoms with Gasteiger partial charge in [0.15, 0.2) is 12.3 Å². The Balaban J connectivity index is 1.59. The second kappa shape index (κ2) is 6.44. The van der Waals surface area contributed by atoms with Gasteiger partial charge >= 0.3 is 0 Å². The molecule has 1 saturated carbocycles. The summed E-state index contributed by atoms with van der Waals surface area (Å²) >= 11 is 0. The first-order valence-corrected chi connectivity index (χ1v) is 7.38. The van der Waals surface area contributed by atoms with E-state index in [9.17, 15) is 5.21 Å². The van der Waals surface area contributed by atoms with E-state index in [1.165, 1.54) is 6.42 Å². The molecule has 2 aromatic carbocycles. The molecule has 0 amide bonds. The topological polar surface area (TPSA) is 35.3 Å². The molecular weight excluding hydrogens is 262 g/mol. The quantitative estimate of drug-likeness (QED) is 0.362. The third-order valence-corrected chi connectivity index (χ3v) is 3.84. The van der Waals surface area contributed by atoms with Crippen molar-refractivity contribution in [1.82, 2.24) is 0 Å². The van der Waals surface area contributed by atoms with Gasteiger partial charge in [0, 0.05) is 18.4 Å². The standard InChI is InChI=1S/C18H19NO2/c20-19(17-7-4-8-17)13-15-9-11-18(12-10-15)21-14-16-5-2-1-3-6-16/h1-3,5-6,9-13,17H,4,7-8,14H2. The summed E-state index contributed by atoms with van der Waals surface area (Å²) < 4.78 is 6.81. The van der Waals surface area contributed by atoms with Crippen molar-refractivity contribution >= 4 is 6.21 Å². The second-order valence-electron chi connectivity index (χ2n) is 5.42. The van der Waals surface area contributed by atoms with Crippen LogP contribution in [-0.2, 0) is 6.61 Å². The molecule has 0 saturated heterocycles. The molecule has 0 unspecified atom stereocenters. The molecule has 2 aromatic rings. The monoisotopic (exact) mass is 281 g/mol. The summed E-state index contributed by atoms with van der Waals surface area (Å²) in [5.41, 5.74) is 2.06. The average molecular weight is 281 g/mol. The summed E-state index contributed by atoms with van der Waals surface area (Å²) in [5.74, 6) is 0.817. The fourth-order valence-electron chi connectivity index (χ4n) is 2.28. The van der Waals surface area contributed by atoms with Gasteiger partial charge in [0.2, 0.25) is 0 Å². The minimum atomic E-state index is 0.180. The van der Waals surface area contributed by atoms with Crippen molar-refractivity contribution in [3.8, 4) is 5.75 Å². The molecule has 1 fully saturated rings. The predicted molar refractivity (Wildman–Crippen MR) is 83.6 cm³/mol. The van der Waals surface area contributed by atoms with Gasteiger partial charge < -0.3 is 9.94 Å². The Kier molecular flexibility index (Phi) is 4.20. The van der Waals surface area contributed by atoms with Crippen LogP contribution in [0.25, 0.3) is 0 Å². The fraction of sp³-hybridized carbons (Fsp3) is 0.278. The summed E-state index contributed by atoms with van der Waals surface area (Å²) in [7, 11) is 0. The molecule has 21 heavy (non-hydrogen) atoms. The summed E-state index contributed by atoms with van der Waals surface area (Å²) in [6.45, 7) is 0.555. The Morgan fingerprint density at radius 3 is 2.38 bits per heavy atom. The molecular formula is C18H19NO2. The maximum absolute atomic E-state index is 11.8. The van der Waals surface area contributed by atoms with Crippen molar-refractivity contribution < 1.29 is 9.48 Å². The van der Waals surface area contributed by atoms with Crippen molar-refractivity contribution in [2.45, 2.75) is 31.9 Å². The normalized spacial score (nSPS) is 15.5. The molecule has 0 aromatic heterocycles. The summed E-state index contributed by atoms with van der Waals surface area (Å²) in [5, 5.41) is 11.8. The van der Waals surface area contributed by atoms with E-state index < -0.39 is 0 Å². The summed E-state index contributed by atoms with van der Waals surface area (Å²) in [4.78, 5) is 0. The van der Waals surface area contributed by atoms with Gasteiger partial charge in [0.1, 0.15) is 12.4 Å². The van der Waals surface area contributed by atoms with E-state index in [4.69, 9.17) is 4.74 Å². The second-order valence-corrected chi connectivity index (χ2v) is 5.42. The van der Waals surface area contributed by atoms with E-state index in [0.717, 1.165) is 34.5 Å². The summed E-state index contributed by atoms with van der Waals surface area (Å²) in [6.07, 6.45) is 4.87. The number of benzene rings is 2. The van der Waals surface area contributed by atoms with Gasteiger partial charge in [-0.2, -0.15) is 0 Å². The number of hydroxylamine groups is 1. The van der Waals surface area contributed by atoms with Gasteiger partial charge in [-0.3, -0.25) is 0 Å². The van der Waals surface area contributed by atoms with Crippen LogP contribution in [0.3, 0.4) is 0 Å². The minimum absolute atomic E-state index is 0.180. The maximum atomic E-state index is 11.8. The smallest absolute Gasteiger partial charge is 0.182 e. The van der Waals surface area contributed by atoms with Crippen LogP contribution in [-0.4, -0.2) is 17.0 Å². The van der Waals surface area contributed by atoms with Crippen LogP contribution in [0, 0.1) is 5.21 Å². The molecule has 0 spiro atoms. The van der Waals surface area contributed by atoms with Crippen molar-refractivity contribution in [2.24, 2.45) is 0 Å². The van der Waals surface area contributed by atoms with Crippen molar-refractivity contribution in [3.63, 3.8) is 0 Å². The van der Waals surface area contributed by atoms with Crippen LogP contribution >= 0.6 is 0 Å². The van der Waals surface area contributed by atoms with Gasteiger partial charge in [0.25, 0.3) is 0 Å². The molecule has 0 heterocycles. The lowest BCUT2D eigenvalue weighted by Gasteiger charge is -2.23. The van der Waals surface area contributed by atoms with Crippen LogP contribution in [0.4, 0.5) is 0 Å². The largest absolute Gasteiger partial charge is 0.624 e. The zero-order valence-corrected chi connectivity index (χ0v) is 11.9. The van der Waals surface area contributed by atoms with Crippen LogP contribution in [0.1, 0.15) is 30.4 Å². The van der Waals surface area contributed by atoms with Crippen LogP contribution < -0.4 is 4.74 Å². The highest BCUT2D eigenvalue weighted by Crippen LogP contribution is 2.21. The first kappa shape index (κ1) is 13.7. The molecule has 0 N–H and O–H groups in total. The molecule has 0 bridgehead atoms. The van der Waals surface area contributed by atoms with E-state index in [1.54, 1.807) is 6.21 Å². The molecule has 3 nitrogen and oxygen atoms in total. The average Bonchev–Trinajstić information content (AvgIpc) is 2.46. The van der Waals surface area contributed by atoms with E-state index >= 15 is 0 Å². The van der Waals surface area contributed by atoms with Crippen molar-refractivity contribution in [2.75, 3.05) is 0 Å². The fourth-order valence-corrected chi connectivity index (χ4v) is 2.28. The van der Waals surface area contributed by atoms with Gasteiger partial charge in [0.05, 0.1) is 0 Å². The van der Waals surface area contributed by atoms with E-state index in [-0.39, 0.29) is 6.04 Å². The Labute approximate surface area is 125 Å². The molecule has 0 atom stereocenters. The first-order chi connectivity index (χ1) is 10.3.